The van der Waals surface area contributed by atoms with E-state index in [1.54, 1.807) is 12.3 Å². The number of ether oxygens (including phenoxy) is 2. The molecule has 0 bridgehead atoms. The van der Waals surface area contributed by atoms with Crippen LogP contribution in [0.25, 0.3) is 10.9 Å². The van der Waals surface area contributed by atoms with E-state index >= 15 is 0 Å². The smallest absolute Gasteiger partial charge is 0.149 e. The van der Waals surface area contributed by atoms with Gasteiger partial charge in [-0.1, -0.05) is 5.92 Å². The highest BCUT2D eigenvalue weighted by Gasteiger charge is 2.13. The fourth-order valence-electron chi connectivity index (χ4n) is 2.22. The van der Waals surface area contributed by atoms with E-state index in [0.29, 0.717) is 22.9 Å². The SMILES string of the molecule is C#CCOc1cc(Oc2ccc3[nH]ncc3c2)ccc1NOC(C)(C)C. The summed E-state index contributed by atoms with van der Waals surface area (Å²) < 4.78 is 11.5. The number of nitrogens with one attached hydrogen (secondary N) is 2. The molecular weight excluding hydrogens is 330 g/mol. The third-order valence-electron chi connectivity index (χ3n) is 3.38. The Hall–Kier alpha value is -3.17. The van der Waals surface area contributed by atoms with Crippen molar-refractivity contribution in [3.63, 3.8) is 0 Å². The van der Waals surface area contributed by atoms with E-state index in [4.69, 9.17) is 20.7 Å². The highest BCUT2D eigenvalue weighted by atomic mass is 16.7. The summed E-state index contributed by atoms with van der Waals surface area (Å²) in [5.41, 5.74) is 4.19. The molecule has 3 rings (SSSR count). The van der Waals surface area contributed by atoms with Gasteiger partial charge < -0.3 is 9.47 Å². The van der Waals surface area contributed by atoms with Gasteiger partial charge in [-0.2, -0.15) is 5.10 Å². The Morgan fingerprint density at radius 3 is 2.69 bits per heavy atom. The van der Waals surface area contributed by atoms with Crippen LogP contribution in [0.5, 0.6) is 17.2 Å². The van der Waals surface area contributed by atoms with Crippen LogP contribution in [0.4, 0.5) is 5.69 Å². The standard InChI is InChI=1S/C20H21N3O3/c1-5-10-24-19-12-16(7-9-18(19)23-26-20(2,3)4)25-15-6-8-17-14(11-15)13-21-22-17/h1,6-9,11-13,23H,10H2,2-4H3,(H,21,22). The van der Waals surface area contributed by atoms with Gasteiger partial charge in [0.15, 0.2) is 0 Å². The number of terminal acetylenes is 1. The Morgan fingerprint density at radius 2 is 1.92 bits per heavy atom. The van der Waals surface area contributed by atoms with E-state index in [1.807, 2.05) is 51.1 Å². The first-order chi connectivity index (χ1) is 12.4. The number of benzene rings is 2. The first kappa shape index (κ1) is 17.6. The van der Waals surface area contributed by atoms with Crippen molar-refractivity contribution < 1.29 is 14.3 Å². The summed E-state index contributed by atoms with van der Waals surface area (Å²) in [6.45, 7) is 6.00. The van der Waals surface area contributed by atoms with Gasteiger partial charge in [-0.15, -0.1) is 6.42 Å². The van der Waals surface area contributed by atoms with Crippen molar-refractivity contribution in [1.29, 1.82) is 0 Å². The fourth-order valence-corrected chi connectivity index (χ4v) is 2.22. The molecule has 0 amide bonds. The maximum absolute atomic E-state index is 5.93. The van der Waals surface area contributed by atoms with Gasteiger partial charge in [0.25, 0.3) is 0 Å². The van der Waals surface area contributed by atoms with Crippen LogP contribution in [0.3, 0.4) is 0 Å². The molecule has 0 aliphatic carbocycles. The molecule has 6 heteroatoms. The van der Waals surface area contributed by atoms with Crippen LogP contribution in [0.2, 0.25) is 0 Å². The van der Waals surface area contributed by atoms with Gasteiger partial charge in [0.2, 0.25) is 0 Å². The zero-order chi connectivity index (χ0) is 18.6. The average Bonchev–Trinajstić information content (AvgIpc) is 3.06. The van der Waals surface area contributed by atoms with Gasteiger partial charge in [0.05, 0.1) is 17.3 Å². The zero-order valence-corrected chi connectivity index (χ0v) is 15.0. The van der Waals surface area contributed by atoms with Crippen LogP contribution in [-0.2, 0) is 4.84 Å². The van der Waals surface area contributed by atoms with Crippen molar-refractivity contribution in [2.45, 2.75) is 26.4 Å². The third kappa shape index (κ3) is 4.47. The Morgan fingerprint density at radius 1 is 1.15 bits per heavy atom. The lowest BCUT2D eigenvalue weighted by Crippen LogP contribution is -2.23. The monoisotopic (exact) mass is 351 g/mol. The van der Waals surface area contributed by atoms with Crippen molar-refractivity contribution >= 4 is 16.6 Å². The predicted molar refractivity (Wildman–Crippen MR) is 101 cm³/mol. The van der Waals surface area contributed by atoms with Crippen LogP contribution in [-0.4, -0.2) is 22.4 Å². The van der Waals surface area contributed by atoms with E-state index in [-0.39, 0.29) is 12.2 Å². The molecule has 0 spiro atoms. The summed E-state index contributed by atoms with van der Waals surface area (Å²) in [7, 11) is 0. The molecule has 26 heavy (non-hydrogen) atoms. The van der Waals surface area contributed by atoms with E-state index < -0.39 is 0 Å². The molecule has 3 aromatic rings. The minimum atomic E-state index is -0.349. The summed E-state index contributed by atoms with van der Waals surface area (Å²) in [6.07, 6.45) is 7.06. The molecule has 0 saturated carbocycles. The van der Waals surface area contributed by atoms with Gasteiger partial charge in [0.1, 0.15) is 29.5 Å². The summed E-state index contributed by atoms with van der Waals surface area (Å²) in [5.74, 6) is 4.34. The molecule has 0 atom stereocenters. The molecule has 2 aromatic carbocycles. The first-order valence-corrected chi connectivity index (χ1v) is 8.20. The largest absolute Gasteiger partial charge is 0.479 e. The quantitative estimate of drug-likeness (QED) is 0.505. The topological polar surface area (TPSA) is 68.4 Å². The molecule has 1 aromatic heterocycles. The lowest BCUT2D eigenvalue weighted by molar-refractivity contribution is 0.0370. The maximum Gasteiger partial charge on any atom is 0.149 e. The number of H-pyrrole nitrogens is 1. The summed E-state index contributed by atoms with van der Waals surface area (Å²) in [4.78, 5) is 5.60. The minimum Gasteiger partial charge on any atom is -0.479 e. The molecular formula is C20H21N3O3. The summed E-state index contributed by atoms with van der Waals surface area (Å²) in [6, 6.07) is 11.1. The Bertz CT molecular complexity index is 935. The number of hydrogen-bond donors (Lipinski definition) is 2. The molecule has 0 aliphatic heterocycles. The van der Waals surface area contributed by atoms with E-state index in [2.05, 4.69) is 21.6 Å². The van der Waals surface area contributed by atoms with Crippen molar-refractivity contribution in [3.05, 3.63) is 42.6 Å². The molecule has 6 nitrogen and oxygen atoms in total. The molecule has 0 unspecified atom stereocenters. The second kappa shape index (κ2) is 7.38. The lowest BCUT2D eigenvalue weighted by Gasteiger charge is -2.21. The normalized spacial score (nSPS) is 11.2. The number of hydrogen-bond acceptors (Lipinski definition) is 5. The predicted octanol–water partition coefficient (Wildman–Crippen LogP) is 4.51. The maximum atomic E-state index is 5.93. The number of aromatic amines is 1. The molecule has 134 valence electrons. The molecule has 2 N–H and O–H groups in total. The van der Waals surface area contributed by atoms with Crippen molar-refractivity contribution in [3.8, 4) is 29.6 Å². The van der Waals surface area contributed by atoms with Gasteiger partial charge in [-0.25, -0.2) is 0 Å². The van der Waals surface area contributed by atoms with E-state index in [9.17, 15) is 0 Å². The van der Waals surface area contributed by atoms with Crippen molar-refractivity contribution in [2.75, 3.05) is 12.1 Å². The molecule has 0 aliphatic rings. The van der Waals surface area contributed by atoms with Gasteiger partial charge >= 0.3 is 0 Å². The highest BCUT2D eigenvalue weighted by molar-refractivity contribution is 5.79. The number of nitrogens with zero attached hydrogens (tertiary/aromatic N) is 1. The Labute approximate surface area is 152 Å². The van der Waals surface area contributed by atoms with Crippen LogP contribution in [0.15, 0.2) is 42.6 Å². The van der Waals surface area contributed by atoms with Gasteiger partial charge in [0, 0.05) is 11.5 Å². The molecule has 0 radical (unpaired) electrons. The molecule has 1 heterocycles. The Kier molecular flexibility index (Phi) is 5.01. The van der Waals surface area contributed by atoms with E-state index in [1.165, 1.54) is 0 Å². The van der Waals surface area contributed by atoms with Gasteiger partial charge in [-0.3, -0.25) is 15.4 Å². The highest BCUT2D eigenvalue weighted by Crippen LogP contribution is 2.33. The van der Waals surface area contributed by atoms with Crippen LogP contribution < -0.4 is 15.0 Å². The first-order valence-electron chi connectivity index (χ1n) is 8.20. The lowest BCUT2D eigenvalue weighted by atomic mass is 10.2. The number of rotatable bonds is 6. The fraction of sp³-hybridized carbons (Fsp3) is 0.250. The summed E-state index contributed by atoms with van der Waals surface area (Å²) in [5, 5.41) is 7.89. The number of fused-ring (bicyclic) bond motifs is 1. The third-order valence-corrected chi connectivity index (χ3v) is 3.38. The van der Waals surface area contributed by atoms with Crippen molar-refractivity contribution in [2.24, 2.45) is 0 Å². The number of aromatic nitrogens is 2. The second-order valence-corrected chi connectivity index (χ2v) is 6.69. The second-order valence-electron chi connectivity index (χ2n) is 6.69. The number of anilines is 1. The van der Waals surface area contributed by atoms with Crippen molar-refractivity contribution in [1.82, 2.24) is 10.2 Å². The molecule has 0 fully saturated rings. The molecule has 0 saturated heterocycles. The van der Waals surface area contributed by atoms with Gasteiger partial charge in [-0.05, 0) is 51.1 Å². The zero-order valence-electron chi connectivity index (χ0n) is 15.0. The minimum absolute atomic E-state index is 0.147. The van der Waals surface area contributed by atoms with Crippen LogP contribution in [0.1, 0.15) is 20.8 Å². The Balaban J connectivity index is 1.81. The summed E-state index contributed by atoms with van der Waals surface area (Å²) >= 11 is 0. The van der Waals surface area contributed by atoms with E-state index in [0.717, 1.165) is 10.9 Å². The average molecular weight is 351 g/mol. The van der Waals surface area contributed by atoms with Crippen LogP contribution in [0, 0.1) is 12.3 Å². The van der Waals surface area contributed by atoms with Crippen LogP contribution >= 0.6 is 0 Å².